The van der Waals surface area contributed by atoms with E-state index < -0.39 is 0 Å². The Kier molecular flexibility index (Phi) is 5.36. The maximum absolute atomic E-state index is 11.9. The summed E-state index contributed by atoms with van der Waals surface area (Å²) in [4.78, 5) is 23.8. The first-order chi connectivity index (χ1) is 12.2. The Bertz CT molecular complexity index is 872. The lowest BCUT2D eigenvalue weighted by Gasteiger charge is -2.08. The number of aromatic nitrogens is 4. The van der Waals surface area contributed by atoms with Crippen LogP contribution in [0.4, 0.5) is 0 Å². The van der Waals surface area contributed by atoms with Crippen LogP contribution in [0, 0.1) is 0 Å². The Balaban J connectivity index is 1.51. The molecule has 0 spiro atoms. The molecular formula is C18H19N5O2. The summed E-state index contributed by atoms with van der Waals surface area (Å²) >= 11 is 0. The maximum Gasteiger partial charge on any atom is 0.266 e. The molecule has 0 bridgehead atoms. The van der Waals surface area contributed by atoms with E-state index in [1.807, 2.05) is 30.3 Å². The Morgan fingerprint density at radius 2 is 1.92 bits per heavy atom. The summed E-state index contributed by atoms with van der Waals surface area (Å²) in [5, 5.41) is 11.2. The predicted molar refractivity (Wildman–Crippen MR) is 93.4 cm³/mol. The lowest BCUT2D eigenvalue weighted by molar-refractivity contribution is -0.121. The fourth-order valence-corrected chi connectivity index (χ4v) is 2.42. The van der Waals surface area contributed by atoms with Crippen LogP contribution in [0.15, 0.2) is 65.7 Å². The van der Waals surface area contributed by atoms with Crippen LogP contribution < -0.4 is 10.9 Å². The molecule has 3 rings (SSSR count). The first kappa shape index (κ1) is 16.6. The maximum atomic E-state index is 11.9. The van der Waals surface area contributed by atoms with Gasteiger partial charge < -0.3 is 5.32 Å². The lowest BCUT2D eigenvalue weighted by atomic mass is 10.1. The quantitative estimate of drug-likeness (QED) is 0.702. The van der Waals surface area contributed by atoms with Crippen LogP contribution in [0.2, 0.25) is 0 Å². The van der Waals surface area contributed by atoms with Crippen LogP contribution in [-0.2, 0) is 17.8 Å². The normalized spacial score (nSPS) is 10.6. The predicted octanol–water partition coefficient (Wildman–Crippen LogP) is 1.18. The number of hydrogen-bond donors (Lipinski definition) is 1. The van der Waals surface area contributed by atoms with Crippen molar-refractivity contribution in [3.05, 3.63) is 76.8 Å². The van der Waals surface area contributed by atoms with Gasteiger partial charge in [0.2, 0.25) is 5.91 Å². The van der Waals surface area contributed by atoms with Crippen molar-refractivity contribution in [2.75, 3.05) is 6.54 Å². The van der Waals surface area contributed by atoms with Gasteiger partial charge in [0.25, 0.3) is 5.56 Å². The van der Waals surface area contributed by atoms with Gasteiger partial charge in [-0.25, -0.2) is 9.36 Å². The van der Waals surface area contributed by atoms with Gasteiger partial charge >= 0.3 is 0 Å². The number of carbonyl (C=O) groups excluding carboxylic acids is 1. The Morgan fingerprint density at radius 3 is 2.68 bits per heavy atom. The summed E-state index contributed by atoms with van der Waals surface area (Å²) in [6.07, 6.45) is 4.51. The van der Waals surface area contributed by atoms with E-state index in [9.17, 15) is 9.59 Å². The van der Waals surface area contributed by atoms with Gasteiger partial charge in [-0.15, -0.1) is 5.10 Å². The van der Waals surface area contributed by atoms with Crippen molar-refractivity contribution in [3.8, 4) is 5.82 Å². The molecule has 0 radical (unpaired) electrons. The summed E-state index contributed by atoms with van der Waals surface area (Å²) < 4.78 is 2.91. The highest BCUT2D eigenvalue weighted by atomic mass is 16.1. The zero-order valence-electron chi connectivity index (χ0n) is 13.7. The Labute approximate surface area is 144 Å². The molecule has 0 atom stereocenters. The van der Waals surface area contributed by atoms with Crippen LogP contribution in [0.1, 0.15) is 12.0 Å². The summed E-state index contributed by atoms with van der Waals surface area (Å²) in [5.74, 6) is 0.514. The van der Waals surface area contributed by atoms with Crippen molar-refractivity contribution in [2.24, 2.45) is 0 Å². The molecular weight excluding hydrogens is 318 g/mol. The third-order valence-corrected chi connectivity index (χ3v) is 3.72. The molecule has 7 heteroatoms. The molecule has 2 heterocycles. The third-order valence-electron chi connectivity index (χ3n) is 3.72. The largest absolute Gasteiger partial charge is 0.354 e. The standard InChI is InChI=1S/C18H19N5O2/c24-17(9-7-15-5-2-1-3-6-15)19-12-14-23-18(25)10-8-16(21-23)22-13-4-11-20-22/h1-6,8,10-11,13H,7,9,12,14H2,(H,19,24). The number of benzene rings is 1. The molecule has 0 aliphatic carbocycles. The topological polar surface area (TPSA) is 81.8 Å². The van der Waals surface area contributed by atoms with Gasteiger partial charge in [-0.05, 0) is 24.1 Å². The van der Waals surface area contributed by atoms with E-state index in [0.717, 1.165) is 5.56 Å². The molecule has 7 nitrogen and oxygen atoms in total. The first-order valence-electron chi connectivity index (χ1n) is 8.11. The average Bonchev–Trinajstić information content (AvgIpc) is 3.17. The van der Waals surface area contributed by atoms with Gasteiger partial charge in [0.05, 0.1) is 6.54 Å². The Hall–Kier alpha value is -3.22. The Morgan fingerprint density at radius 1 is 1.08 bits per heavy atom. The van der Waals surface area contributed by atoms with E-state index in [4.69, 9.17) is 0 Å². The minimum atomic E-state index is -0.213. The van der Waals surface area contributed by atoms with Gasteiger partial charge in [0.15, 0.2) is 5.82 Å². The third kappa shape index (κ3) is 4.63. The summed E-state index contributed by atoms with van der Waals surface area (Å²) in [6, 6.07) is 14.7. The van der Waals surface area contributed by atoms with Crippen LogP contribution in [-0.4, -0.2) is 32.0 Å². The van der Waals surface area contributed by atoms with E-state index in [0.29, 0.717) is 31.7 Å². The molecule has 0 aliphatic heterocycles. The second kappa shape index (κ2) is 8.05. The van der Waals surface area contributed by atoms with Crippen molar-refractivity contribution in [2.45, 2.75) is 19.4 Å². The molecule has 3 aromatic rings. The molecule has 0 aliphatic rings. The molecule has 1 N–H and O–H groups in total. The van der Waals surface area contributed by atoms with E-state index in [2.05, 4.69) is 15.5 Å². The van der Waals surface area contributed by atoms with Gasteiger partial charge in [-0.2, -0.15) is 5.10 Å². The monoisotopic (exact) mass is 337 g/mol. The fourth-order valence-electron chi connectivity index (χ4n) is 2.42. The molecule has 0 saturated carbocycles. The number of hydrogen-bond acceptors (Lipinski definition) is 4. The summed E-state index contributed by atoms with van der Waals surface area (Å²) in [7, 11) is 0. The zero-order valence-corrected chi connectivity index (χ0v) is 13.7. The van der Waals surface area contributed by atoms with Crippen molar-refractivity contribution < 1.29 is 4.79 Å². The minimum Gasteiger partial charge on any atom is -0.354 e. The van der Waals surface area contributed by atoms with Crippen LogP contribution in [0.3, 0.4) is 0 Å². The summed E-state index contributed by atoms with van der Waals surface area (Å²) in [6.45, 7) is 0.661. The average molecular weight is 337 g/mol. The number of carbonyl (C=O) groups is 1. The number of amides is 1. The van der Waals surface area contributed by atoms with Gasteiger partial charge in [-0.3, -0.25) is 9.59 Å². The molecule has 25 heavy (non-hydrogen) atoms. The van der Waals surface area contributed by atoms with Gasteiger partial charge in [-0.1, -0.05) is 30.3 Å². The summed E-state index contributed by atoms with van der Waals surface area (Å²) in [5.41, 5.74) is 0.914. The molecule has 1 aromatic carbocycles. The first-order valence-corrected chi connectivity index (χ1v) is 8.11. The zero-order chi connectivity index (χ0) is 17.5. The smallest absolute Gasteiger partial charge is 0.266 e. The highest BCUT2D eigenvalue weighted by Gasteiger charge is 2.05. The van der Waals surface area contributed by atoms with Crippen LogP contribution >= 0.6 is 0 Å². The lowest BCUT2D eigenvalue weighted by Crippen LogP contribution is -2.32. The van der Waals surface area contributed by atoms with E-state index in [-0.39, 0.29) is 11.5 Å². The minimum absolute atomic E-state index is 0.0415. The number of rotatable bonds is 7. The van der Waals surface area contributed by atoms with E-state index in [1.165, 1.54) is 10.7 Å². The highest BCUT2D eigenvalue weighted by Crippen LogP contribution is 2.02. The highest BCUT2D eigenvalue weighted by molar-refractivity contribution is 5.76. The van der Waals surface area contributed by atoms with Crippen molar-refractivity contribution >= 4 is 5.91 Å². The number of nitrogens with one attached hydrogen (secondary N) is 1. The molecule has 0 unspecified atom stereocenters. The number of aryl methyl sites for hydroxylation is 1. The molecule has 2 aromatic heterocycles. The molecule has 0 fully saturated rings. The fraction of sp³-hybridized carbons (Fsp3) is 0.222. The van der Waals surface area contributed by atoms with Crippen molar-refractivity contribution in [1.82, 2.24) is 24.9 Å². The van der Waals surface area contributed by atoms with E-state index >= 15 is 0 Å². The molecule has 128 valence electrons. The second-order valence-electron chi connectivity index (χ2n) is 5.54. The van der Waals surface area contributed by atoms with Crippen LogP contribution in [0.25, 0.3) is 5.82 Å². The SMILES string of the molecule is O=C(CCc1ccccc1)NCCn1nc(-n2cccn2)ccc1=O. The second-order valence-corrected chi connectivity index (χ2v) is 5.54. The molecule has 0 saturated heterocycles. The molecule has 1 amide bonds. The van der Waals surface area contributed by atoms with Gasteiger partial charge in [0.1, 0.15) is 0 Å². The van der Waals surface area contributed by atoms with Crippen LogP contribution in [0.5, 0.6) is 0 Å². The van der Waals surface area contributed by atoms with Gasteiger partial charge in [0, 0.05) is 31.4 Å². The van der Waals surface area contributed by atoms with E-state index in [1.54, 1.807) is 29.2 Å². The van der Waals surface area contributed by atoms with Crippen molar-refractivity contribution in [3.63, 3.8) is 0 Å². The van der Waals surface area contributed by atoms with Crippen molar-refractivity contribution in [1.29, 1.82) is 0 Å². The number of nitrogens with zero attached hydrogens (tertiary/aromatic N) is 4.